The van der Waals surface area contributed by atoms with Crippen molar-refractivity contribution >= 4 is 34.5 Å². The van der Waals surface area contributed by atoms with Crippen molar-refractivity contribution < 1.29 is 73.5 Å². The Bertz CT molecular complexity index is 357. The third-order valence-corrected chi connectivity index (χ3v) is 2.76. The zero-order chi connectivity index (χ0) is 9.35. The normalized spacial score (nSPS) is 9.93. The summed E-state index contributed by atoms with van der Waals surface area (Å²) in [7, 11) is -4.74. The van der Waals surface area contributed by atoms with Crippen LogP contribution < -0.4 is 79.9 Å². The van der Waals surface area contributed by atoms with E-state index in [1.165, 1.54) is 12.1 Å². The van der Waals surface area contributed by atoms with E-state index in [9.17, 15) is 14.4 Å². The number of nitrogens with two attached hydrogens (primary N) is 1. The molecule has 2 N–H and O–H groups in total. The monoisotopic (exact) mass is 295 g/mol. The summed E-state index contributed by atoms with van der Waals surface area (Å²) in [5.41, 5.74) is 5.26. The Morgan fingerprint density at radius 3 is 2.14 bits per heavy atom. The van der Waals surface area contributed by atoms with Crippen molar-refractivity contribution in [3.8, 4) is 0 Å². The van der Waals surface area contributed by atoms with Crippen molar-refractivity contribution in [2.45, 2.75) is 0 Å². The first kappa shape index (κ1) is 18.0. The van der Waals surface area contributed by atoms with Crippen LogP contribution in [-0.4, -0.2) is 0 Å². The average molecular weight is 296 g/mol. The molecule has 0 aromatic heterocycles. The fourth-order valence-corrected chi connectivity index (χ4v) is 1.98. The van der Waals surface area contributed by atoms with Crippen LogP contribution in [0.3, 0.4) is 0 Å². The first-order chi connectivity index (χ1) is 5.41. The van der Waals surface area contributed by atoms with E-state index >= 15 is 0 Å². The topological polar surface area (TPSA) is 89.2 Å². The van der Waals surface area contributed by atoms with E-state index < -0.39 is 7.60 Å². The number of nitrogen functional groups attached to an aromatic ring is 1. The zero-order valence-corrected chi connectivity index (χ0v) is 14.3. The molecule has 1 rings (SSSR count). The van der Waals surface area contributed by atoms with Gasteiger partial charge in [0.05, 0.1) is 0 Å². The number of halogens is 1. The molecule has 0 amide bonds. The zero-order valence-electron chi connectivity index (χ0n) is 7.86. The van der Waals surface area contributed by atoms with Gasteiger partial charge in [0, 0.05) is 15.5 Å². The van der Waals surface area contributed by atoms with Crippen molar-refractivity contribution in [2.24, 2.45) is 0 Å². The van der Waals surface area contributed by atoms with E-state index in [0.717, 1.165) is 0 Å². The Morgan fingerprint density at radius 2 is 1.79 bits per heavy atom. The van der Waals surface area contributed by atoms with E-state index in [-0.39, 0.29) is 70.1 Å². The van der Waals surface area contributed by atoms with Gasteiger partial charge < -0.3 is 20.1 Å². The van der Waals surface area contributed by atoms with Crippen molar-refractivity contribution in [2.75, 3.05) is 5.73 Å². The minimum absolute atomic E-state index is 0. The van der Waals surface area contributed by atoms with Gasteiger partial charge in [0.1, 0.15) is 0 Å². The molecule has 0 spiro atoms. The third-order valence-electron chi connectivity index (χ3n) is 1.29. The summed E-state index contributed by atoms with van der Waals surface area (Å²) in [6.07, 6.45) is 0. The largest absolute Gasteiger partial charge is 1.00 e. The molecule has 1 aromatic rings. The minimum Gasteiger partial charge on any atom is -0.807 e. The third kappa shape index (κ3) is 5.12. The van der Waals surface area contributed by atoms with Gasteiger partial charge in [-0.05, 0) is 25.8 Å². The molecule has 0 heterocycles. The number of hydrogen-bond acceptors (Lipinski definition) is 4. The fraction of sp³-hybridized carbons (Fsp3) is 0. The van der Waals surface area contributed by atoms with E-state index in [1.807, 2.05) is 0 Å². The minimum atomic E-state index is -4.74. The van der Waals surface area contributed by atoms with Crippen LogP contribution in [0.1, 0.15) is 0 Å². The number of benzene rings is 1. The maximum absolute atomic E-state index is 10.6. The predicted octanol–water partition coefficient (Wildman–Crippen LogP) is -6.42. The van der Waals surface area contributed by atoms with Gasteiger partial charge >= 0.3 is 59.1 Å². The first-order valence-corrected chi connectivity index (χ1v) is 5.32. The predicted molar refractivity (Wildman–Crippen MR) is 45.8 cm³/mol. The second-order valence-corrected chi connectivity index (χ2v) is 4.59. The molecule has 0 atom stereocenters. The molecule has 0 saturated heterocycles. The van der Waals surface area contributed by atoms with Crippen LogP contribution in [0.4, 0.5) is 5.69 Å². The van der Waals surface area contributed by atoms with Crippen molar-refractivity contribution in [1.29, 1.82) is 0 Å². The Morgan fingerprint density at radius 1 is 1.29 bits per heavy atom. The van der Waals surface area contributed by atoms with Gasteiger partial charge in [-0.25, -0.2) is 0 Å². The van der Waals surface area contributed by atoms with Gasteiger partial charge in [0.15, 0.2) is 0 Å². The van der Waals surface area contributed by atoms with Crippen LogP contribution in [-0.2, 0) is 4.57 Å². The molecule has 0 aliphatic heterocycles. The molecule has 4 nitrogen and oxygen atoms in total. The fourth-order valence-electron chi connectivity index (χ4n) is 0.754. The van der Waals surface area contributed by atoms with Crippen LogP contribution in [0.2, 0.25) is 0 Å². The van der Waals surface area contributed by atoms with Crippen LogP contribution in [0.15, 0.2) is 22.7 Å². The van der Waals surface area contributed by atoms with E-state index in [1.54, 1.807) is 6.07 Å². The molecule has 8 heteroatoms. The Labute approximate surface area is 135 Å². The van der Waals surface area contributed by atoms with E-state index in [0.29, 0.717) is 4.47 Å². The van der Waals surface area contributed by atoms with Crippen molar-refractivity contribution in [3.63, 3.8) is 0 Å². The van der Waals surface area contributed by atoms with Crippen LogP contribution >= 0.6 is 23.5 Å². The summed E-state index contributed by atoms with van der Waals surface area (Å²) in [6.45, 7) is 0. The summed E-state index contributed by atoms with van der Waals surface area (Å²) in [5, 5.41) is -0.364. The molecule has 0 saturated carbocycles. The Hall–Kier alpha value is 1.65. The maximum atomic E-state index is 10.6. The molecule has 0 radical (unpaired) electrons. The summed E-state index contributed by atoms with van der Waals surface area (Å²) in [5.74, 6) is 0. The molecule has 0 unspecified atom stereocenters. The number of hydrogen-bond donors (Lipinski definition) is 1. The van der Waals surface area contributed by atoms with E-state index in [2.05, 4.69) is 15.9 Å². The van der Waals surface area contributed by atoms with Crippen molar-refractivity contribution in [1.82, 2.24) is 0 Å². The molecule has 66 valence electrons. The second-order valence-electron chi connectivity index (χ2n) is 2.20. The molecule has 0 aliphatic rings. The van der Waals surface area contributed by atoms with Gasteiger partial charge in [0.2, 0.25) is 0 Å². The molecular weight excluding hydrogens is 291 g/mol. The van der Waals surface area contributed by atoms with Gasteiger partial charge in [0.25, 0.3) is 0 Å². The molecular formula is C6H5BrNNa2O3P. The van der Waals surface area contributed by atoms with Gasteiger partial charge in [-0.1, -0.05) is 15.9 Å². The van der Waals surface area contributed by atoms with Crippen molar-refractivity contribution in [3.05, 3.63) is 22.7 Å². The standard InChI is InChI=1S/C6H7BrNO3P.2Na/c7-4-1-2-5(8)6(3-4)12(9,10)11;;/h1-3H,8H2,(H2,9,10,11);;/q;2*+1/p-2. The maximum Gasteiger partial charge on any atom is 1.00 e. The Balaban J connectivity index is 0. The van der Waals surface area contributed by atoms with Gasteiger partial charge in [-0.2, -0.15) is 0 Å². The van der Waals surface area contributed by atoms with Gasteiger partial charge in [-0.3, -0.25) is 0 Å². The van der Waals surface area contributed by atoms with Crippen LogP contribution in [0.25, 0.3) is 0 Å². The number of anilines is 1. The average Bonchev–Trinajstić information content (AvgIpc) is 1.92. The molecule has 0 aliphatic carbocycles. The summed E-state index contributed by atoms with van der Waals surface area (Å²) in [4.78, 5) is 21.2. The SMILES string of the molecule is Nc1ccc(Br)cc1P(=O)([O-])[O-].[Na+].[Na+]. The second kappa shape index (κ2) is 7.07. The molecule has 14 heavy (non-hydrogen) atoms. The van der Waals surface area contributed by atoms with E-state index in [4.69, 9.17) is 5.73 Å². The van der Waals surface area contributed by atoms with Gasteiger partial charge in [-0.15, -0.1) is 0 Å². The Kier molecular flexibility index (Phi) is 9.10. The summed E-state index contributed by atoms with van der Waals surface area (Å²) < 4.78 is 11.1. The smallest absolute Gasteiger partial charge is 0.807 e. The molecule has 1 aromatic carbocycles. The van der Waals surface area contributed by atoms with Crippen LogP contribution in [0.5, 0.6) is 0 Å². The first-order valence-electron chi connectivity index (χ1n) is 2.99. The summed E-state index contributed by atoms with van der Waals surface area (Å²) in [6, 6.07) is 4.12. The molecule has 0 bridgehead atoms. The summed E-state index contributed by atoms with van der Waals surface area (Å²) >= 11 is 3.03. The van der Waals surface area contributed by atoms with Crippen LogP contribution in [0, 0.1) is 0 Å². The number of rotatable bonds is 1. The molecule has 0 fully saturated rings. The quantitative estimate of drug-likeness (QED) is 0.317.